The number of fused-ring (bicyclic) bond motifs is 1. The van der Waals surface area contributed by atoms with Crippen LogP contribution in [0.1, 0.15) is 6.42 Å². The summed E-state index contributed by atoms with van der Waals surface area (Å²) in [7, 11) is 6.23. The Morgan fingerprint density at radius 1 is 0.960 bits per heavy atom. The second kappa shape index (κ2) is 9.71. The smallest absolute Gasteiger partial charge is 0.0491 e. The molecule has 3 aromatic rings. The Bertz CT molecular complexity index is 782. The Balaban J connectivity index is 0.00000156. The monoisotopic (exact) mass is 379 g/mol. The zero-order valence-corrected chi connectivity index (χ0v) is 16.7. The molecule has 0 aliphatic carbocycles. The van der Waals surface area contributed by atoms with Gasteiger partial charge in [-0.05, 0) is 56.9 Å². The molecule has 5 heteroatoms. The number of aryl methyl sites for hydroxylation is 1. The molecule has 2 aromatic carbocycles. The minimum atomic E-state index is 0. The molecular weight excluding hydrogens is 353 g/mol. The lowest BCUT2D eigenvalue weighted by atomic mass is 10.1. The van der Waals surface area contributed by atoms with Crippen LogP contribution in [0, 0.1) is 0 Å². The van der Waals surface area contributed by atoms with E-state index in [1.54, 1.807) is 0 Å². The van der Waals surface area contributed by atoms with E-state index < -0.39 is 0 Å². The highest BCUT2D eigenvalue weighted by molar-refractivity contribution is 5.89. The molecule has 0 saturated heterocycles. The summed E-state index contributed by atoms with van der Waals surface area (Å²) < 4.78 is 2.45. The van der Waals surface area contributed by atoms with E-state index in [1.807, 2.05) is 7.05 Å². The second-order valence-corrected chi connectivity index (χ2v) is 6.23. The van der Waals surface area contributed by atoms with E-state index in [4.69, 9.17) is 0 Å². The van der Waals surface area contributed by atoms with Crippen molar-refractivity contribution in [1.29, 1.82) is 0 Å². The van der Waals surface area contributed by atoms with Crippen LogP contribution in [0.25, 0.3) is 22.2 Å². The van der Waals surface area contributed by atoms with Gasteiger partial charge in [-0.1, -0.05) is 30.3 Å². The van der Waals surface area contributed by atoms with Crippen molar-refractivity contribution in [2.45, 2.75) is 13.0 Å². The molecule has 136 valence electrons. The number of nitrogens with zero attached hydrogens (tertiary/aromatic N) is 2. The van der Waals surface area contributed by atoms with Crippen molar-refractivity contribution in [3.63, 3.8) is 0 Å². The van der Waals surface area contributed by atoms with Gasteiger partial charge in [-0.15, -0.1) is 24.8 Å². The fraction of sp³-hybridized carbons (Fsp3) is 0.300. The fourth-order valence-corrected chi connectivity index (χ4v) is 3.06. The highest BCUT2D eigenvalue weighted by Gasteiger charge is 2.11. The lowest BCUT2D eigenvalue weighted by molar-refractivity contribution is 0.388. The molecule has 0 spiro atoms. The van der Waals surface area contributed by atoms with Crippen LogP contribution >= 0.6 is 24.8 Å². The van der Waals surface area contributed by atoms with Gasteiger partial charge in [0.15, 0.2) is 0 Å². The van der Waals surface area contributed by atoms with Crippen molar-refractivity contribution >= 4 is 41.4 Å². The first kappa shape index (κ1) is 21.4. The first-order chi connectivity index (χ1) is 11.2. The Morgan fingerprint density at radius 2 is 1.68 bits per heavy atom. The average molecular weight is 380 g/mol. The molecule has 0 amide bonds. The maximum Gasteiger partial charge on any atom is 0.0491 e. The summed E-state index contributed by atoms with van der Waals surface area (Å²) >= 11 is 0. The maximum atomic E-state index is 3.23. The van der Waals surface area contributed by atoms with Gasteiger partial charge >= 0.3 is 0 Å². The van der Waals surface area contributed by atoms with Crippen molar-refractivity contribution in [3.05, 3.63) is 54.6 Å². The molecule has 1 heterocycles. The summed E-state index contributed by atoms with van der Waals surface area (Å²) in [5, 5.41) is 4.52. The SMILES string of the molecule is CNc1ccc2c(c1)cc(-c1ccccc1)n2CCCN(C)C.Cl.Cl. The van der Waals surface area contributed by atoms with Gasteiger partial charge in [-0.2, -0.15) is 0 Å². The quantitative estimate of drug-likeness (QED) is 0.639. The summed E-state index contributed by atoms with van der Waals surface area (Å²) in [5.74, 6) is 0. The molecular formula is C20H27Cl2N3. The van der Waals surface area contributed by atoms with Crippen LogP contribution in [0.5, 0.6) is 0 Å². The topological polar surface area (TPSA) is 20.2 Å². The van der Waals surface area contributed by atoms with E-state index in [2.05, 4.69) is 83.5 Å². The molecule has 0 aliphatic rings. The highest BCUT2D eigenvalue weighted by Crippen LogP contribution is 2.30. The Kier molecular flexibility index (Phi) is 8.30. The van der Waals surface area contributed by atoms with Gasteiger partial charge in [0.1, 0.15) is 0 Å². The van der Waals surface area contributed by atoms with Crippen LogP contribution in [0.15, 0.2) is 54.6 Å². The third kappa shape index (κ3) is 4.91. The minimum absolute atomic E-state index is 0. The Morgan fingerprint density at radius 3 is 2.32 bits per heavy atom. The lowest BCUT2D eigenvalue weighted by Crippen LogP contribution is -2.15. The molecule has 0 unspecified atom stereocenters. The predicted molar refractivity (Wildman–Crippen MR) is 115 cm³/mol. The Labute approximate surface area is 162 Å². The molecule has 3 rings (SSSR count). The molecule has 0 radical (unpaired) electrons. The third-order valence-corrected chi connectivity index (χ3v) is 4.25. The average Bonchev–Trinajstić information content (AvgIpc) is 2.93. The van der Waals surface area contributed by atoms with E-state index in [1.165, 1.54) is 22.2 Å². The standard InChI is InChI=1S/C20H25N3.2ClH/c1-21-18-10-11-19-17(14-18)15-20(16-8-5-4-6-9-16)23(19)13-7-12-22(2)3;;/h4-6,8-11,14-15,21H,7,12-13H2,1-3H3;2*1H. The number of benzene rings is 2. The molecule has 3 nitrogen and oxygen atoms in total. The van der Waals surface area contributed by atoms with Crippen LogP contribution in [-0.2, 0) is 6.54 Å². The first-order valence-corrected chi connectivity index (χ1v) is 8.20. The number of hydrogen-bond donors (Lipinski definition) is 1. The molecule has 1 N–H and O–H groups in total. The van der Waals surface area contributed by atoms with E-state index in [-0.39, 0.29) is 24.8 Å². The lowest BCUT2D eigenvalue weighted by Gasteiger charge is -2.14. The summed E-state index contributed by atoms with van der Waals surface area (Å²) in [6.45, 7) is 2.13. The summed E-state index contributed by atoms with van der Waals surface area (Å²) in [5.41, 5.74) is 5.04. The van der Waals surface area contributed by atoms with Crippen molar-refractivity contribution < 1.29 is 0 Å². The molecule has 25 heavy (non-hydrogen) atoms. The van der Waals surface area contributed by atoms with Gasteiger partial charge in [0.2, 0.25) is 0 Å². The van der Waals surface area contributed by atoms with Gasteiger partial charge in [0.25, 0.3) is 0 Å². The van der Waals surface area contributed by atoms with Crippen LogP contribution < -0.4 is 5.32 Å². The number of halogens is 2. The number of aromatic nitrogens is 1. The number of rotatable bonds is 6. The molecule has 0 saturated carbocycles. The number of nitrogens with one attached hydrogen (secondary N) is 1. The van der Waals surface area contributed by atoms with Crippen molar-refractivity contribution in [2.24, 2.45) is 0 Å². The zero-order valence-electron chi connectivity index (χ0n) is 15.0. The van der Waals surface area contributed by atoms with Crippen LogP contribution in [0.4, 0.5) is 5.69 Å². The van der Waals surface area contributed by atoms with Gasteiger partial charge in [0, 0.05) is 35.9 Å². The van der Waals surface area contributed by atoms with Crippen LogP contribution in [0.2, 0.25) is 0 Å². The number of hydrogen-bond acceptors (Lipinski definition) is 2. The van der Waals surface area contributed by atoms with Gasteiger partial charge in [-0.25, -0.2) is 0 Å². The van der Waals surface area contributed by atoms with Crippen molar-refractivity contribution in [1.82, 2.24) is 9.47 Å². The van der Waals surface area contributed by atoms with Gasteiger partial charge in [0.05, 0.1) is 0 Å². The van der Waals surface area contributed by atoms with Crippen LogP contribution in [-0.4, -0.2) is 37.2 Å². The second-order valence-electron chi connectivity index (χ2n) is 6.23. The predicted octanol–water partition coefficient (Wildman–Crippen LogP) is 5.15. The van der Waals surface area contributed by atoms with Crippen molar-refractivity contribution in [3.8, 4) is 11.3 Å². The van der Waals surface area contributed by atoms with Crippen LogP contribution in [0.3, 0.4) is 0 Å². The largest absolute Gasteiger partial charge is 0.388 e. The molecule has 1 aromatic heterocycles. The number of anilines is 1. The van der Waals surface area contributed by atoms with Gasteiger partial charge in [-0.3, -0.25) is 0 Å². The molecule has 0 bridgehead atoms. The van der Waals surface area contributed by atoms with Gasteiger partial charge < -0.3 is 14.8 Å². The normalized spacial score (nSPS) is 10.4. The minimum Gasteiger partial charge on any atom is -0.388 e. The molecule has 0 aliphatic heterocycles. The first-order valence-electron chi connectivity index (χ1n) is 8.20. The van der Waals surface area contributed by atoms with E-state index in [0.29, 0.717) is 0 Å². The van der Waals surface area contributed by atoms with Crippen molar-refractivity contribution in [2.75, 3.05) is 33.0 Å². The highest BCUT2D eigenvalue weighted by atomic mass is 35.5. The maximum absolute atomic E-state index is 3.23. The summed E-state index contributed by atoms with van der Waals surface area (Å²) in [4.78, 5) is 2.24. The zero-order chi connectivity index (χ0) is 16.2. The van der Waals surface area contributed by atoms with E-state index in [9.17, 15) is 0 Å². The Hall–Kier alpha value is -1.68. The van der Waals surface area contributed by atoms with E-state index >= 15 is 0 Å². The fourth-order valence-electron chi connectivity index (χ4n) is 3.06. The third-order valence-electron chi connectivity index (χ3n) is 4.25. The summed E-state index contributed by atoms with van der Waals surface area (Å²) in [6.07, 6.45) is 1.14. The van der Waals surface area contributed by atoms with E-state index in [0.717, 1.165) is 25.2 Å². The molecule has 0 fully saturated rings. The molecule has 0 atom stereocenters. The summed E-state index contributed by atoms with van der Waals surface area (Å²) in [6, 6.07) is 19.6.